The van der Waals surface area contributed by atoms with Gasteiger partial charge in [-0.2, -0.15) is 0 Å². The fourth-order valence-electron chi connectivity index (χ4n) is 3.11. The Kier molecular flexibility index (Phi) is 5.35. The van der Waals surface area contributed by atoms with Crippen molar-refractivity contribution in [1.29, 1.82) is 0 Å². The van der Waals surface area contributed by atoms with E-state index in [1.807, 2.05) is 41.3 Å². The van der Waals surface area contributed by atoms with Gasteiger partial charge in [0.15, 0.2) is 0 Å². The van der Waals surface area contributed by atoms with Gasteiger partial charge in [0.2, 0.25) is 0 Å². The van der Waals surface area contributed by atoms with E-state index in [1.54, 1.807) is 0 Å². The van der Waals surface area contributed by atoms with E-state index in [-0.39, 0.29) is 5.91 Å². The van der Waals surface area contributed by atoms with Crippen LogP contribution in [0.4, 0.5) is 9.80 Å². The second kappa shape index (κ2) is 7.67. The van der Waals surface area contributed by atoms with Gasteiger partial charge in [-0.05, 0) is 36.9 Å². The molecule has 2 aromatic rings. The zero-order valence-electron chi connectivity index (χ0n) is 13.9. The predicted molar refractivity (Wildman–Crippen MR) is 101 cm³/mol. The molecule has 7 heteroatoms. The molecule has 1 unspecified atom stereocenters. The maximum Gasteiger partial charge on any atom is 0.317 e. The number of nitrogens with zero attached hydrogens (tertiary/aromatic N) is 1. The van der Waals surface area contributed by atoms with Gasteiger partial charge < -0.3 is 16.4 Å². The van der Waals surface area contributed by atoms with Crippen LogP contribution in [0.1, 0.15) is 23.2 Å². The molecule has 6 nitrogen and oxygen atoms in total. The van der Waals surface area contributed by atoms with Crippen molar-refractivity contribution < 1.29 is 9.59 Å². The molecule has 25 heavy (non-hydrogen) atoms. The van der Waals surface area contributed by atoms with Gasteiger partial charge in [0.1, 0.15) is 5.00 Å². The molecular weight excluding hydrogens is 336 g/mol. The third-order valence-corrected chi connectivity index (χ3v) is 5.50. The van der Waals surface area contributed by atoms with Crippen molar-refractivity contribution in [2.45, 2.75) is 12.8 Å². The van der Waals surface area contributed by atoms with E-state index in [0.717, 1.165) is 23.3 Å². The van der Waals surface area contributed by atoms with Gasteiger partial charge in [-0.3, -0.25) is 10.1 Å². The van der Waals surface area contributed by atoms with Gasteiger partial charge in [-0.25, -0.2) is 4.79 Å². The molecule has 3 rings (SSSR count). The fraction of sp³-hybridized carbons (Fsp3) is 0.333. The zero-order chi connectivity index (χ0) is 17.8. The SMILES string of the molecule is NCC1CCCN(C(=O)c2cc(-c3ccccc3)sc2NC(N)=O)C1. The maximum absolute atomic E-state index is 13.0. The molecule has 1 aliphatic rings. The Hall–Kier alpha value is -2.38. The number of carbonyl (C=O) groups excluding carboxylic acids is 2. The number of nitrogens with one attached hydrogen (secondary N) is 1. The highest BCUT2D eigenvalue weighted by Crippen LogP contribution is 2.36. The number of benzene rings is 1. The molecule has 0 aliphatic carbocycles. The highest BCUT2D eigenvalue weighted by molar-refractivity contribution is 7.20. The molecule has 0 spiro atoms. The van der Waals surface area contributed by atoms with E-state index >= 15 is 0 Å². The molecule has 3 amide bonds. The molecular formula is C18H22N4O2S. The number of nitrogens with two attached hydrogens (primary N) is 2. The topological polar surface area (TPSA) is 101 Å². The summed E-state index contributed by atoms with van der Waals surface area (Å²) in [6, 6.07) is 10.9. The number of hydrogen-bond acceptors (Lipinski definition) is 4. The molecule has 1 fully saturated rings. The van der Waals surface area contributed by atoms with Crippen LogP contribution in [-0.2, 0) is 0 Å². The standard InChI is InChI=1S/C18H22N4O2S/c19-10-12-5-4-8-22(11-12)17(23)14-9-15(13-6-2-1-3-7-13)25-16(14)21-18(20)24/h1-3,6-7,9,12H,4-5,8,10-11,19H2,(H3,20,21,24). The van der Waals surface area contributed by atoms with Crippen LogP contribution < -0.4 is 16.8 Å². The monoisotopic (exact) mass is 358 g/mol. The normalized spacial score (nSPS) is 17.3. The van der Waals surface area contributed by atoms with Gasteiger partial charge in [-0.1, -0.05) is 30.3 Å². The first-order valence-corrected chi connectivity index (χ1v) is 9.15. The maximum atomic E-state index is 13.0. The van der Waals surface area contributed by atoms with Crippen molar-refractivity contribution >= 4 is 28.3 Å². The summed E-state index contributed by atoms with van der Waals surface area (Å²) in [4.78, 5) is 27.1. The molecule has 5 N–H and O–H groups in total. The second-order valence-electron chi connectivity index (χ2n) is 6.20. The van der Waals surface area contributed by atoms with Gasteiger partial charge in [0.05, 0.1) is 5.56 Å². The van der Waals surface area contributed by atoms with Crippen molar-refractivity contribution in [3.63, 3.8) is 0 Å². The summed E-state index contributed by atoms with van der Waals surface area (Å²) < 4.78 is 0. The third-order valence-electron chi connectivity index (χ3n) is 4.40. The lowest BCUT2D eigenvalue weighted by molar-refractivity contribution is 0.0679. The number of primary amides is 1. The lowest BCUT2D eigenvalue weighted by Gasteiger charge is -2.32. The number of anilines is 1. The van der Waals surface area contributed by atoms with E-state index in [1.165, 1.54) is 11.3 Å². The summed E-state index contributed by atoms with van der Waals surface area (Å²) in [6.07, 6.45) is 1.99. The Labute approximate surface area is 150 Å². The zero-order valence-corrected chi connectivity index (χ0v) is 14.7. The first kappa shape index (κ1) is 17.4. The fourth-order valence-corrected chi connectivity index (χ4v) is 4.17. The van der Waals surface area contributed by atoms with Crippen molar-refractivity contribution in [2.75, 3.05) is 25.0 Å². The Morgan fingerprint density at radius 1 is 1.28 bits per heavy atom. The number of carbonyl (C=O) groups is 2. The molecule has 1 atom stereocenters. The summed E-state index contributed by atoms with van der Waals surface area (Å²) in [7, 11) is 0. The molecule has 0 saturated carbocycles. The van der Waals surface area contributed by atoms with Gasteiger partial charge in [0.25, 0.3) is 5.91 Å². The van der Waals surface area contributed by atoms with Crippen LogP contribution in [0.15, 0.2) is 36.4 Å². The number of likely N-dealkylation sites (tertiary alicyclic amines) is 1. The Balaban J connectivity index is 1.91. The average molecular weight is 358 g/mol. The number of urea groups is 1. The summed E-state index contributed by atoms with van der Waals surface area (Å²) in [6.45, 7) is 1.94. The van der Waals surface area contributed by atoms with Gasteiger partial charge in [-0.15, -0.1) is 11.3 Å². The average Bonchev–Trinajstić information content (AvgIpc) is 3.05. The smallest absolute Gasteiger partial charge is 0.317 e. The van der Waals surface area contributed by atoms with Crippen LogP contribution in [0.3, 0.4) is 0 Å². The molecule has 1 aliphatic heterocycles. The summed E-state index contributed by atoms with van der Waals surface area (Å²) >= 11 is 1.36. The van der Waals surface area contributed by atoms with E-state index in [0.29, 0.717) is 36.1 Å². The first-order chi connectivity index (χ1) is 12.1. The first-order valence-electron chi connectivity index (χ1n) is 8.33. The molecule has 0 bridgehead atoms. The van der Waals surface area contributed by atoms with Crippen LogP contribution in [0.2, 0.25) is 0 Å². The van der Waals surface area contributed by atoms with Gasteiger partial charge >= 0.3 is 6.03 Å². The second-order valence-corrected chi connectivity index (χ2v) is 7.26. The summed E-state index contributed by atoms with van der Waals surface area (Å²) in [5.74, 6) is 0.248. The lowest BCUT2D eigenvalue weighted by atomic mass is 9.98. The van der Waals surface area contributed by atoms with Crippen molar-refractivity contribution in [3.05, 3.63) is 42.0 Å². The van der Waals surface area contributed by atoms with Crippen LogP contribution in [0.25, 0.3) is 10.4 Å². The van der Waals surface area contributed by atoms with Crippen LogP contribution in [0, 0.1) is 5.92 Å². The quantitative estimate of drug-likeness (QED) is 0.783. The minimum atomic E-state index is -0.672. The van der Waals surface area contributed by atoms with Crippen LogP contribution in [0.5, 0.6) is 0 Å². The van der Waals surface area contributed by atoms with E-state index in [9.17, 15) is 9.59 Å². The predicted octanol–water partition coefficient (Wildman–Crippen LogP) is 2.72. The van der Waals surface area contributed by atoms with E-state index in [2.05, 4.69) is 5.32 Å². The summed E-state index contributed by atoms with van der Waals surface area (Å²) in [5.41, 5.74) is 12.5. The Bertz CT molecular complexity index is 760. The number of hydrogen-bond donors (Lipinski definition) is 3. The molecule has 0 radical (unpaired) electrons. The number of thiophene rings is 1. The van der Waals surface area contributed by atoms with Crippen LogP contribution in [-0.4, -0.2) is 36.5 Å². The van der Waals surface area contributed by atoms with Crippen LogP contribution >= 0.6 is 11.3 Å². The highest BCUT2D eigenvalue weighted by Gasteiger charge is 2.27. The minimum absolute atomic E-state index is 0.0830. The number of amides is 3. The molecule has 132 valence electrons. The summed E-state index contributed by atoms with van der Waals surface area (Å²) in [5, 5.41) is 3.09. The number of piperidine rings is 1. The van der Waals surface area contributed by atoms with Crippen molar-refractivity contribution in [2.24, 2.45) is 17.4 Å². The molecule has 1 saturated heterocycles. The lowest BCUT2D eigenvalue weighted by Crippen LogP contribution is -2.42. The van der Waals surface area contributed by atoms with Crippen molar-refractivity contribution in [1.82, 2.24) is 4.90 Å². The number of rotatable bonds is 4. The Morgan fingerprint density at radius 2 is 2.04 bits per heavy atom. The Morgan fingerprint density at radius 3 is 2.72 bits per heavy atom. The molecule has 1 aromatic heterocycles. The van der Waals surface area contributed by atoms with Crippen molar-refractivity contribution in [3.8, 4) is 10.4 Å². The van der Waals surface area contributed by atoms with Gasteiger partial charge in [0, 0.05) is 18.0 Å². The third kappa shape index (κ3) is 4.00. The minimum Gasteiger partial charge on any atom is -0.351 e. The largest absolute Gasteiger partial charge is 0.351 e. The molecule has 2 heterocycles. The highest BCUT2D eigenvalue weighted by atomic mass is 32.1. The van der Waals surface area contributed by atoms with E-state index in [4.69, 9.17) is 11.5 Å². The van der Waals surface area contributed by atoms with E-state index < -0.39 is 6.03 Å². The molecule has 1 aromatic carbocycles.